The maximum absolute atomic E-state index is 13.6. The highest BCUT2D eigenvalue weighted by atomic mass is 35.5. The van der Waals surface area contributed by atoms with Crippen molar-refractivity contribution >= 4 is 11.6 Å². The zero-order valence-electron chi connectivity index (χ0n) is 10.5. The highest BCUT2D eigenvalue weighted by molar-refractivity contribution is 6.30. The summed E-state index contributed by atoms with van der Waals surface area (Å²) in [5.74, 6) is -0.271. The Bertz CT molecular complexity index is 357. The molecule has 1 aromatic rings. The first-order valence-corrected chi connectivity index (χ1v) is 6.26. The van der Waals surface area contributed by atoms with Crippen LogP contribution in [0.1, 0.15) is 27.2 Å². The van der Waals surface area contributed by atoms with E-state index in [0.717, 1.165) is 6.42 Å². The van der Waals surface area contributed by atoms with E-state index in [0.29, 0.717) is 12.6 Å². The average Bonchev–Trinajstić information content (AvgIpc) is 2.29. The molecule has 0 saturated heterocycles. The molecule has 1 N–H and O–H groups in total. The fourth-order valence-corrected chi connectivity index (χ4v) is 1.56. The molecule has 0 fully saturated rings. The second-order valence-electron chi connectivity index (χ2n) is 4.26. The molecule has 0 spiro atoms. The molecule has 0 bridgehead atoms. The maximum Gasteiger partial charge on any atom is 0.183 e. The number of hydrogen-bond acceptors (Lipinski definition) is 2. The normalized spacial score (nSPS) is 12.8. The van der Waals surface area contributed by atoms with Gasteiger partial charge in [0.1, 0.15) is 6.10 Å². The van der Waals surface area contributed by atoms with Crippen LogP contribution in [0.25, 0.3) is 0 Å². The third-order valence-corrected chi connectivity index (χ3v) is 2.71. The molecule has 17 heavy (non-hydrogen) atoms. The Hall–Kier alpha value is -0.800. The van der Waals surface area contributed by atoms with Crippen LogP contribution in [-0.4, -0.2) is 18.7 Å². The Balaban J connectivity index is 2.64. The minimum atomic E-state index is -0.489. The number of rotatable bonds is 6. The molecule has 1 aromatic carbocycles. The molecule has 1 unspecified atom stereocenters. The minimum absolute atomic E-state index is 0.0506. The van der Waals surface area contributed by atoms with Crippen molar-refractivity contribution in [3.8, 4) is 5.75 Å². The zero-order valence-corrected chi connectivity index (χ0v) is 11.2. The number of benzene rings is 1. The van der Waals surface area contributed by atoms with Gasteiger partial charge in [-0.25, -0.2) is 4.39 Å². The van der Waals surface area contributed by atoms with Gasteiger partial charge in [0.05, 0.1) is 5.02 Å². The van der Waals surface area contributed by atoms with Crippen LogP contribution in [0.3, 0.4) is 0 Å². The van der Waals surface area contributed by atoms with Crippen LogP contribution in [0.15, 0.2) is 18.2 Å². The lowest BCUT2D eigenvalue weighted by Gasteiger charge is -2.20. The molecule has 0 aliphatic rings. The van der Waals surface area contributed by atoms with E-state index in [1.807, 2.05) is 6.92 Å². The Kier molecular flexibility index (Phi) is 5.72. The number of ether oxygens (including phenoxy) is 1. The number of hydrogen-bond donors (Lipinski definition) is 1. The number of nitrogens with one attached hydrogen (secondary N) is 1. The second-order valence-corrected chi connectivity index (χ2v) is 4.67. The Morgan fingerprint density at radius 2 is 2.12 bits per heavy atom. The van der Waals surface area contributed by atoms with Crippen molar-refractivity contribution in [3.63, 3.8) is 0 Å². The van der Waals surface area contributed by atoms with Crippen LogP contribution >= 0.6 is 11.6 Å². The smallest absolute Gasteiger partial charge is 0.183 e. The summed E-state index contributed by atoms with van der Waals surface area (Å²) >= 11 is 5.70. The summed E-state index contributed by atoms with van der Waals surface area (Å²) in [5.41, 5.74) is 0. The van der Waals surface area contributed by atoms with Gasteiger partial charge in [-0.2, -0.15) is 0 Å². The van der Waals surface area contributed by atoms with Gasteiger partial charge in [-0.1, -0.05) is 38.4 Å². The molecule has 0 aliphatic heterocycles. The summed E-state index contributed by atoms with van der Waals surface area (Å²) in [5, 5.41) is 3.36. The Morgan fingerprint density at radius 3 is 2.71 bits per heavy atom. The van der Waals surface area contributed by atoms with Gasteiger partial charge in [0.15, 0.2) is 11.6 Å². The van der Waals surface area contributed by atoms with Crippen molar-refractivity contribution in [2.24, 2.45) is 0 Å². The van der Waals surface area contributed by atoms with Gasteiger partial charge >= 0.3 is 0 Å². The first kappa shape index (κ1) is 14.3. The van der Waals surface area contributed by atoms with E-state index in [9.17, 15) is 4.39 Å². The van der Waals surface area contributed by atoms with Crippen LogP contribution in [0.2, 0.25) is 5.02 Å². The monoisotopic (exact) mass is 259 g/mol. The van der Waals surface area contributed by atoms with Gasteiger partial charge in [0.25, 0.3) is 0 Å². The van der Waals surface area contributed by atoms with E-state index in [-0.39, 0.29) is 16.9 Å². The standard InChI is InChI=1S/C13H19ClFNO/c1-4-10(8-16-9(2)3)17-12-7-5-6-11(14)13(12)15/h5-7,9-10,16H,4,8H2,1-3H3. The van der Waals surface area contributed by atoms with E-state index in [2.05, 4.69) is 19.2 Å². The van der Waals surface area contributed by atoms with Crippen LogP contribution in [0.4, 0.5) is 4.39 Å². The molecular weight excluding hydrogens is 241 g/mol. The molecular formula is C13H19ClFNO. The lowest BCUT2D eigenvalue weighted by molar-refractivity contribution is 0.182. The summed E-state index contributed by atoms with van der Waals surface area (Å²) in [6.07, 6.45) is 0.761. The molecule has 0 aromatic heterocycles. The highest BCUT2D eigenvalue weighted by Crippen LogP contribution is 2.25. The van der Waals surface area contributed by atoms with Gasteiger partial charge < -0.3 is 10.1 Å². The zero-order chi connectivity index (χ0) is 12.8. The molecule has 0 heterocycles. The topological polar surface area (TPSA) is 21.3 Å². The van der Waals surface area contributed by atoms with Crippen LogP contribution in [0, 0.1) is 5.82 Å². The largest absolute Gasteiger partial charge is 0.486 e. The molecule has 0 aliphatic carbocycles. The first-order valence-electron chi connectivity index (χ1n) is 5.88. The third kappa shape index (κ3) is 4.52. The SMILES string of the molecule is CCC(CNC(C)C)Oc1cccc(Cl)c1F. The minimum Gasteiger partial charge on any atom is -0.486 e. The van der Waals surface area contributed by atoms with E-state index >= 15 is 0 Å². The van der Waals surface area contributed by atoms with Crippen molar-refractivity contribution in [1.29, 1.82) is 0 Å². The molecule has 0 radical (unpaired) electrons. The van der Waals surface area contributed by atoms with Gasteiger partial charge in [0.2, 0.25) is 0 Å². The van der Waals surface area contributed by atoms with Crippen molar-refractivity contribution in [2.75, 3.05) is 6.54 Å². The van der Waals surface area contributed by atoms with Crippen molar-refractivity contribution in [2.45, 2.75) is 39.3 Å². The van der Waals surface area contributed by atoms with E-state index in [1.165, 1.54) is 6.07 Å². The summed E-state index contributed by atoms with van der Waals surface area (Å²) in [7, 11) is 0. The van der Waals surface area contributed by atoms with Gasteiger partial charge in [-0.05, 0) is 18.6 Å². The van der Waals surface area contributed by atoms with Crippen molar-refractivity contribution in [1.82, 2.24) is 5.32 Å². The van der Waals surface area contributed by atoms with E-state index in [1.54, 1.807) is 12.1 Å². The molecule has 2 nitrogen and oxygen atoms in total. The fourth-order valence-electron chi connectivity index (χ4n) is 1.39. The summed E-state index contributed by atoms with van der Waals surface area (Å²) in [6.45, 7) is 6.83. The van der Waals surface area contributed by atoms with Crippen LogP contribution < -0.4 is 10.1 Å². The predicted octanol–water partition coefficient (Wildman–Crippen LogP) is 3.63. The van der Waals surface area contributed by atoms with Gasteiger partial charge in [-0.15, -0.1) is 0 Å². The maximum atomic E-state index is 13.6. The summed E-state index contributed by atoms with van der Waals surface area (Å²) < 4.78 is 19.2. The second kappa shape index (κ2) is 6.82. The number of halogens is 2. The fraction of sp³-hybridized carbons (Fsp3) is 0.538. The van der Waals surface area contributed by atoms with Gasteiger partial charge in [-0.3, -0.25) is 0 Å². The average molecular weight is 260 g/mol. The van der Waals surface area contributed by atoms with Crippen LogP contribution in [-0.2, 0) is 0 Å². The molecule has 1 rings (SSSR count). The summed E-state index contributed by atoms with van der Waals surface area (Å²) in [4.78, 5) is 0. The Labute approximate surface area is 107 Å². The molecule has 4 heteroatoms. The van der Waals surface area contributed by atoms with E-state index in [4.69, 9.17) is 16.3 Å². The molecule has 96 valence electrons. The predicted molar refractivity (Wildman–Crippen MR) is 69.3 cm³/mol. The Morgan fingerprint density at radius 1 is 1.41 bits per heavy atom. The molecule has 0 saturated carbocycles. The van der Waals surface area contributed by atoms with Crippen LogP contribution in [0.5, 0.6) is 5.75 Å². The lowest BCUT2D eigenvalue weighted by atomic mass is 10.2. The van der Waals surface area contributed by atoms with Crippen molar-refractivity contribution < 1.29 is 9.13 Å². The first-order chi connectivity index (χ1) is 8.04. The quantitative estimate of drug-likeness (QED) is 0.842. The third-order valence-electron chi connectivity index (χ3n) is 2.42. The molecule has 1 atom stereocenters. The summed E-state index contributed by atoms with van der Waals surface area (Å²) in [6, 6.07) is 5.18. The van der Waals surface area contributed by atoms with Crippen molar-refractivity contribution in [3.05, 3.63) is 29.0 Å². The highest BCUT2D eigenvalue weighted by Gasteiger charge is 2.13. The lowest BCUT2D eigenvalue weighted by Crippen LogP contribution is -2.35. The van der Waals surface area contributed by atoms with E-state index < -0.39 is 5.82 Å². The van der Waals surface area contributed by atoms with Gasteiger partial charge in [0, 0.05) is 12.6 Å². The molecule has 0 amide bonds.